The van der Waals surface area contributed by atoms with Gasteiger partial charge in [-0.25, -0.2) is 4.68 Å². The van der Waals surface area contributed by atoms with E-state index in [1.165, 1.54) is 24.0 Å². The number of amides is 2. The second-order valence-electron chi connectivity index (χ2n) is 7.17. The van der Waals surface area contributed by atoms with Crippen LogP contribution in [-0.2, 0) is 6.18 Å². The van der Waals surface area contributed by atoms with Crippen LogP contribution in [0.25, 0.3) is 5.69 Å². The molecule has 0 bridgehead atoms. The maximum absolute atomic E-state index is 13.1. The van der Waals surface area contributed by atoms with Crippen LogP contribution in [0.5, 0.6) is 0 Å². The Morgan fingerprint density at radius 1 is 1.06 bits per heavy atom. The van der Waals surface area contributed by atoms with Crippen molar-refractivity contribution in [2.24, 2.45) is 0 Å². The third-order valence-corrected chi connectivity index (χ3v) is 5.55. The number of para-hydroxylation sites is 1. The van der Waals surface area contributed by atoms with Crippen LogP contribution in [-0.4, -0.2) is 39.9 Å². The van der Waals surface area contributed by atoms with Gasteiger partial charge in [0.2, 0.25) is 5.43 Å². The van der Waals surface area contributed by atoms with E-state index < -0.39 is 28.8 Å². The van der Waals surface area contributed by atoms with Gasteiger partial charge in [-0.2, -0.15) is 18.3 Å². The Balaban J connectivity index is 1.97. The van der Waals surface area contributed by atoms with Gasteiger partial charge in [0.15, 0.2) is 5.69 Å². The van der Waals surface area contributed by atoms with Gasteiger partial charge < -0.3 is 10.2 Å². The van der Waals surface area contributed by atoms with Gasteiger partial charge in [0.1, 0.15) is 0 Å². The van der Waals surface area contributed by atoms with Crippen LogP contribution in [0.2, 0.25) is 0 Å². The molecular weight excluding hydrogens is 457 g/mol. The molecule has 3 rings (SSSR count). The number of alkyl halides is 3. The molecule has 0 aliphatic carbocycles. The number of aryl methyl sites for hydroxylation is 1. The summed E-state index contributed by atoms with van der Waals surface area (Å²) in [5, 5.41) is 6.32. The van der Waals surface area contributed by atoms with Crippen molar-refractivity contribution < 1.29 is 22.8 Å². The molecule has 0 fully saturated rings. The second-order valence-corrected chi connectivity index (χ2v) is 8.16. The highest BCUT2D eigenvalue weighted by molar-refractivity contribution is 8.13. The molecule has 0 unspecified atom stereocenters. The van der Waals surface area contributed by atoms with Gasteiger partial charge in [-0.15, -0.1) is 0 Å². The minimum absolute atomic E-state index is 0.0453. The molecule has 2 amide bonds. The summed E-state index contributed by atoms with van der Waals surface area (Å²) in [7, 11) is 3.17. The summed E-state index contributed by atoms with van der Waals surface area (Å²) in [5.41, 5.74) is -1.50. The van der Waals surface area contributed by atoms with Crippen molar-refractivity contribution in [1.82, 2.24) is 14.7 Å². The molecule has 0 saturated heterocycles. The van der Waals surface area contributed by atoms with Crippen molar-refractivity contribution >= 4 is 28.6 Å². The molecule has 172 valence electrons. The van der Waals surface area contributed by atoms with Crippen molar-refractivity contribution in [1.29, 1.82) is 0 Å². The number of halogens is 3. The van der Waals surface area contributed by atoms with E-state index in [1.54, 1.807) is 38.4 Å². The summed E-state index contributed by atoms with van der Waals surface area (Å²) >= 11 is 0.888. The fourth-order valence-electron chi connectivity index (χ4n) is 2.81. The summed E-state index contributed by atoms with van der Waals surface area (Å²) in [6, 6.07) is 12.0. The molecule has 2 aromatic carbocycles. The van der Waals surface area contributed by atoms with Crippen LogP contribution in [0.3, 0.4) is 0 Å². The molecule has 0 aliphatic rings. The number of benzene rings is 2. The summed E-state index contributed by atoms with van der Waals surface area (Å²) in [6.45, 7) is 1.50. The first-order valence-electron chi connectivity index (χ1n) is 9.55. The lowest BCUT2D eigenvalue weighted by Crippen LogP contribution is -2.27. The first-order chi connectivity index (χ1) is 15.5. The first kappa shape index (κ1) is 24.1. The Bertz CT molecular complexity index is 1270. The highest BCUT2D eigenvalue weighted by Crippen LogP contribution is 2.31. The number of hydrogen-bond acceptors (Lipinski definition) is 5. The molecule has 3 aromatic rings. The highest BCUT2D eigenvalue weighted by atomic mass is 32.2. The molecule has 0 radical (unpaired) electrons. The van der Waals surface area contributed by atoms with Crippen LogP contribution in [0.1, 0.15) is 21.7 Å². The largest absolute Gasteiger partial charge is 0.416 e. The lowest BCUT2D eigenvalue weighted by molar-refractivity contribution is -0.137. The third kappa shape index (κ3) is 5.61. The molecule has 1 N–H and O–H groups in total. The number of anilines is 1. The fraction of sp³-hybridized carbons (Fsp3) is 0.182. The predicted octanol–water partition coefficient (Wildman–Crippen LogP) is 4.59. The van der Waals surface area contributed by atoms with Gasteiger partial charge in [0, 0.05) is 30.8 Å². The smallest absolute Gasteiger partial charge is 0.339 e. The maximum atomic E-state index is 13.1. The standard InChI is InChI=1S/C22H19F3N4O3S/c1-13-11-17(30)19(27-29(13)15-8-6-7-14(12-15)22(23,24)25)20(31)26-16-9-4-5-10-18(16)33-21(32)28(2)3/h4-12H,1-3H3,(H,26,31). The van der Waals surface area contributed by atoms with Gasteiger partial charge in [-0.3, -0.25) is 14.4 Å². The Labute approximate surface area is 191 Å². The minimum atomic E-state index is -4.56. The Kier molecular flexibility index (Phi) is 6.92. The minimum Gasteiger partial charge on any atom is -0.339 e. The quantitative estimate of drug-likeness (QED) is 0.557. The molecule has 7 nitrogen and oxygen atoms in total. The number of aromatic nitrogens is 2. The number of carbonyl (C=O) groups is 2. The van der Waals surface area contributed by atoms with Crippen LogP contribution in [0.4, 0.5) is 23.7 Å². The van der Waals surface area contributed by atoms with Gasteiger partial charge in [-0.05, 0) is 49.0 Å². The van der Waals surface area contributed by atoms with Gasteiger partial charge >= 0.3 is 6.18 Å². The Morgan fingerprint density at radius 2 is 1.76 bits per heavy atom. The Hall–Kier alpha value is -3.60. The SMILES string of the molecule is Cc1cc(=O)c(C(=O)Nc2ccccc2SC(=O)N(C)C)nn1-c1cccc(C(F)(F)F)c1. The van der Waals surface area contributed by atoms with Crippen molar-refractivity contribution in [3.05, 3.63) is 81.8 Å². The molecule has 1 heterocycles. The van der Waals surface area contributed by atoms with Crippen LogP contribution < -0.4 is 10.7 Å². The first-order valence-corrected chi connectivity index (χ1v) is 10.4. The van der Waals surface area contributed by atoms with E-state index in [0.29, 0.717) is 4.90 Å². The number of thioether (sulfide) groups is 1. The topological polar surface area (TPSA) is 84.3 Å². The fourth-order valence-corrected chi connectivity index (χ4v) is 3.55. The van der Waals surface area contributed by atoms with Crippen LogP contribution >= 0.6 is 11.8 Å². The van der Waals surface area contributed by atoms with E-state index in [-0.39, 0.29) is 22.3 Å². The average Bonchev–Trinajstić information content (AvgIpc) is 2.74. The van der Waals surface area contributed by atoms with Crippen LogP contribution in [0.15, 0.2) is 64.3 Å². The number of nitrogens with zero attached hydrogens (tertiary/aromatic N) is 3. The monoisotopic (exact) mass is 476 g/mol. The number of hydrogen-bond donors (Lipinski definition) is 1. The van der Waals surface area contributed by atoms with E-state index in [4.69, 9.17) is 0 Å². The van der Waals surface area contributed by atoms with Crippen LogP contribution in [0, 0.1) is 6.92 Å². The molecule has 0 spiro atoms. The summed E-state index contributed by atoms with van der Waals surface area (Å²) in [5.74, 6) is -0.855. The van der Waals surface area contributed by atoms with E-state index in [2.05, 4.69) is 10.4 Å². The van der Waals surface area contributed by atoms with Crippen molar-refractivity contribution in [2.45, 2.75) is 18.0 Å². The molecule has 0 saturated carbocycles. The lowest BCUT2D eigenvalue weighted by atomic mass is 10.2. The predicted molar refractivity (Wildman–Crippen MR) is 119 cm³/mol. The van der Waals surface area contributed by atoms with E-state index in [0.717, 1.165) is 34.6 Å². The van der Waals surface area contributed by atoms with Gasteiger partial charge in [0.25, 0.3) is 11.1 Å². The van der Waals surface area contributed by atoms with Crippen molar-refractivity contribution in [2.75, 3.05) is 19.4 Å². The Morgan fingerprint density at radius 3 is 2.42 bits per heavy atom. The molecular formula is C22H19F3N4O3S. The number of carbonyl (C=O) groups excluding carboxylic acids is 2. The van der Waals surface area contributed by atoms with Gasteiger partial charge in [-0.1, -0.05) is 18.2 Å². The zero-order valence-corrected chi connectivity index (χ0v) is 18.6. The summed E-state index contributed by atoms with van der Waals surface area (Å²) < 4.78 is 40.4. The normalized spacial score (nSPS) is 11.2. The molecule has 0 atom stereocenters. The van der Waals surface area contributed by atoms with Crippen molar-refractivity contribution in [3.8, 4) is 5.69 Å². The molecule has 33 heavy (non-hydrogen) atoms. The second kappa shape index (κ2) is 9.49. The molecule has 0 aliphatic heterocycles. The van der Waals surface area contributed by atoms with E-state index in [9.17, 15) is 27.6 Å². The number of nitrogens with one attached hydrogen (secondary N) is 1. The van der Waals surface area contributed by atoms with Crippen molar-refractivity contribution in [3.63, 3.8) is 0 Å². The zero-order valence-electron chi connectivity index (χ0n) is 17.8. The summed E-state index contributed by atoms with van der Waals surface area (Å²) in [6.07, 6.45) is -4.56. The third-order valence-electron chi connectivity index (χ3n) is 4.44. The lowest BCUT2D eigenvalue weighted by Gasteiger charge is -2.15. The zero-order chi connectivity index (χ0) is 24.3. The summed E-state index contributed by atoms with van der Waals surface area (Å²) in [4.78, 5) is 39.2. The van der Waals surface area contributed by atoms with E-state index >= 15 is 0 Å². The van der Waals surface area contributed by atoms with Gasteiger partial charge in [0.05, 0.1) is 16.9 Å². The maximum Gasteiger partial charge on any atom is 0.416 e. The average molecular weight is 476 g/mol. The molecule has 1 aromatic heterocycles. The molecule has 11 heteroatoms. The van der Waals surface area contributed by atoms with E-state index in [1.807, 2.05) is 0 Å². The number of rotatable bonds is 4. The highest BCUT2D eigenvalue weighted by Gasteiger charge is 2.30.